The molecule has 2 fully saturated rings. The van der Waals surface area contributed by atoms with E-state index in [4.69, 9.17) is 0 Å². The van der Waals surface area contributed by atoms with E-state index in [1.54, 1.807) is 17.0 Å². The summed E-state index contributed by atoms with van der Waals surface area (Å²) < 4.78 is 13.0. The maximum Gasteiger partial charge on any atom is 0.321 e. The minimum atomic E-state index is -0.322. The van der Waals surface area contributed by atoms with Gasteiger partial charge in [-0.2, -0.15) is 0 Å². The fraction of sp³-hybridized carbons (Fsp3) is 0.619. The first-order valence-corrected chi connectivity index (χ1v) is 10.2. The van der Waals surface area contributed by atoms with Crippen LogP contribution in [-0.2, 0) is 4.79 Å². The molecule has 1 saturated carbocycles. The van der Waals surface area contributed by atoms with Gasteiger partial charge in [0.05, 0.1) is 0 Å². The molecule has 1 aliphatic heterocycles. The zero-order valence-corrected chi connectivity index (χ0v) is 15.9. The molecule has 1 saturated heterocycles. The van der Waals surface area contributed by atoms with E-state index < -0.39 is 0 Å². The number of urea groups is 1. The van der Waals surface area contributed by atoms with Crippen LogP contribution in [0.25, 0.3) is 0 Å². The molecule has 6 heteroatoms. The number of piperidine rings is 1. The van der Waals surface area contributed by atoms with Crippen LogP contribution in [0, 0.1) is 11.7 Å². The third-order valence-corrected chi connectivity index (χ3v) is 5.65. The van der Waals surface area contributed by atoms with Crippen molar-refractivity contribution in [1.82, 2.24) is 10.2 Å². The largest absolute Gasteiger partial charge is 0.353 e. The van der Waals surface area contributed by atoms with E-state index in [9.17, 15) is 14.0 Å². The molecule has 2 aliphatic rings. The van der Waals surface area contributed by atoms with Crippen molar-refractivity contribution in [1.29, 1.82) is 0 Å². The van der Waals surface area contributed by atoms with E-state index in [1.807, 2.05) is 0 Å². The third kappa shape index (κ3) is 6.22. The zero-order valence-electron chi connectivity index (χ0n) is 15.9. The van der Waals surface area contributed by atoms with Crippen molar-refractivity contribution < 1.29 is 14.0 Å². The van der Waals surface area contributed by atoms with Gasteiger partial charge in [0.25, 0.3) is 0 Å². The van der Waals surface area contributed by atoms with Gasteiger partial charge >= 0.3 is 6.03 Å². The van der Waals surface area contributed by atoms with Crippen LogP contribution in [0.4, 0.5) is 14.9 Å². The Balaban J connectivity index is 1.41. The lowest BCUT2D eigenvalue weighted by Crippen LogP contribution is -2.42. The van der Waals surface area contributed by atoms with Crippen LogP contribution in [0.2, 0.25) is 0 Å². The monoisotopic (exact) mass is 375 g/mol. The quantitative estimate of drug-likeness (QED) is 0.806. The number of carbonyl (C=O) groups is 2. The van der Waals surface area contributed by atoms with Gasteiger partial charge in [0, 0.05) is 31.2 Å². The number of anilines is 1. The summed E-state index contributed by atoms with van der Waals surface area (Å²) in [7, 11) is 0. The number of halogens is 1. The molecule has 3 amide bonds. The van der Waals surface area contributed by atoms with Crippen molar-refractivity contribution in [3.05, 3.63) is 30.1 Å². The highest BCUT2D eigenvalue weighted by Crippen LogP contribution is 2.23. The van der Waals surface area contributed by atoms with Gasteiger partial charge < -0.3 is 15.5 Å². The van der Waals surface area contributed by atoms with E-state index in [0.717, 1.165) is 38.6 Å². The summed E-state index contributed by atoms with van der Waals surface area (Å²) in [5.74, 6) is 0.183. The smallest absolute Gasteiger partial charge is 0.321 e. The van der Waals surface area contributed by atoms with Gasteiger partial charge in [-0.25, -0.2) is 9.18 Å². The fourth-order valence-electron chi connectivity index (χ4n) is 4.10. The van der Waals surface area contributed by atoms with Crippen LogP contribution in [0.5, 0.6) is 0 Å². The van der Waals surface area contributed by atoms with Crippen molar-refractivity contribution >= 4 is 17.6 Å². The van der Waals surface area contributed by atoms with Crippen LogP contribution in [0.3, 0.4) is 0 Å². The number of hydrogen-bond donors (Lipinski definition) is 2. The number of benzene rings is 1. The second kappa shape index (κ2) is 9.72. The van der Waals surface area contributed by atoms with Crippen molar-refractivity contribution in [2.45, 2.75) is 63.8 Å². The Bertz CT molecular complexity index is 629. The summed E-state index contributed by atoms with van der Waals surface area (Å²) >= 11 is 0. The van der Waals surface area contributed by atoms with E-state index in [2.05, 4.69) is 10.6 Å². The number of nitrogens with one attached hydrogen (secondary N) is 2. The molecule has 0 radical (unpaired) electrons. The second-order valence-electron chi connectivity index (χ2n) is 7.83. The second-order valence-corrected chi connectivity index (χ2v) is 7.83. The fourth-order valence-corrected chi connectivity index (χ4v) is 4.10. The van der Waals surface area contributed by atoms with Gasteiger partial charge in [0.1, 0.15) is 5.82 Å². The summed E-state index contributed by atoms with van der Waals surface area (Å²) in [6, 6.07) is 5.99. The first-order valence-electron chi connectivity index (χ1n) is 10.2. The van der Waals surface area contributed by atoms with Crippen molar-refractivity contribution in [3.8, 4) is 0 Å². The Labute approximate surface area is 160 Å². The Hall–Kier alpha value is -2.11. The molecule has 1 aromatic carbocycles. The van der Waals surface area contributed by atoms with Gasteiger partial charge in [-0.15, -0.1) is 0 Å². The molecule has 0 bridgehead atoms. The van der Waals surface area contributed by atoms with Crippen LogP contribution in [0.15, 0.2) is 24.3 Å². The molecule has 1 aliphatic carbocycles. The minimum Gasteiger partial charge on any atom is -0.353 e. The predicted octanol–water partition coefficient (Wildman–Crippen LogP) is 4.30. The highest BCUT2D eigenvalue weighted by molar-refractivity contribution is 5.89. The van der Waals surface area contributed by atoms with Crippen LogP contribution in [0.1, 0.15) is 57.8 Å². The van der Waals surface area contributed by atoms with Gasteiger partial charge in [0.15, 0.2) is 0 Å². The molecule has 3 rings (SSSR count). The molecule has 1 atom stereocenters. The number of hydrogen-bond acceptors (Lipinski definition) is 2. The first kappa shape index (κ1) is 19.6. The standard InChI is InChI=1S/C21H30FN3O2/c22-17-9-11-19(12-10-17)24-21(27)25-14-4-5-16(15-25)8-13-20(26)23-18-6-2-1-3-7-18/h9-12,16,18H,1-8,13-15H2,(H,23,26)(H,24,27). The molecule has 5 nitrogen and oxygen atoms in total. The zero-order chi connectivity index (χ0) is 19.1. The molecule has 1 unspecified atom stereocenters. The highest BCUT2D eigenvalue weighted by atomic mass is 19.1. The van der Waals surface area contributed by atoms with Crippen LogP contribution in [-0.4, -0.2) is 36.0 Å². The molecule has 1 heterocycles. The van der Waals surface area contributed by atoms with E-state index in [0.29, 0.717) is 30.6 Å². The van der Waals surface area contributed by atoms with Crippen LogP contribution >= 0.6 is 0 Å². The van der Waals surface area contributed by atoms with Gasteiger partial charge in [0.2, 0.25) is 5.91 Å². The number of carbonyl (C=O) groups excluding carboxylic acids is 2. The van der Waals surface area contributed by atoms with Crippen molar-refractivity contribution in [2.75, 3.05) is 18.4 Å². The molecular formula is C21H30FN3O2. The summed E-state index contributed by atoms with van der Waals surface area (Å²) in [5, 5.41) is 5.99. The van der Waals surface area contributed by atoms with Gasteiger partial charge in [-0.3, -0.25) is 4.79 Å². The van der Waals surface area contributed by atoms with E-state index in [-0.39, 0.29) is 17.8 Å². The Morgan fingerprint density at radius 2 is 1.78 bits per heavy atom. The Morgan fingerprint density at radius 1 is 1.04 bits per heavy atom. The molecule has 1 aromatic rings. The molecular weight excluding hydrogens is 345 g/mol. The SMILES string of the molecule is O=C(CCC1CCCN(C(=O)Nc2ccc(F)cc2)C1)NC1CCCCC1. The Kier molecular flexibility index (Phi) is 7.07. The van der Waals surface area contributed by atoms with Gasteiger partial charge in [-0.05, 0) is 62.3 Å². The lowest BCUT2D eigenvalue weighted by molar-refractivity contribution is -0.122. The summed E-state index contributed by atoms with van der Waals surface area (Å²) in [4.78, 5) is 26.4. The maximum absolute atomic E-state index is 13.0. The van der Waals surface area contributed by atoms with Crippen LogP contribution < -0.4 is 10.6 Å². The predicted molar refractivity (Wildman–Crippen MR) is 104 cm³/mol. The molecule has 0 aromatic heterocycles. The maximum atomic E-state index is 13.0. The number of likely N-dealkylation sites (tertiary alicyclic amines) is 1. The lowest BCUT2D eigenvalue weighted by atomic mass is 9.92. The summed E-state index contributed by atoms with van der Waals surface area (Å²) in [6.07, 6.45) is 9.27. The lowest BCUT2D eigenvalue weighted by Gasteiger charge is -2.33. The average Bonchev–Trinajstić information content (AvgIpc) is 2.69. The van der Waals surface area contributed by atoms with E-state index >= 15 is 0 Å². The average molecular weight is 375 g/mol. The molecule has 148 valence electrons. The Morgan fingerprint density at radius 3 is 2.52 bits per heavy atom. The minimum absolute atomic E-state index is 0.148. The first-order chi connectivity index (χ1) is 13.1. The normalized spacial score (nSPS) is 20.9. The van der Waals surface area contributed by atoms with Crippen molar-refractivity contribution in [2.24, 2.45) is 5.92 Å². The van der Waals surface area contributed by atoms with Crippen molar-refractivity contribution in [3.63, 3.8) is 0 Å². The molecule has 2 N–H and O–H groups in total. The number of amides is 3. The van der Waals surface area contributed by atoms with Gasteiger partial charge in [-0.1, -0.05) is 19.3 Å². The summed E-state index contributed by atoms with van der Waals surface area (Å²) in [5.41, 5.74) is 0.593. The van der Waals surface area contributed by atoms with E-state index in [1.165, 1.54) is 31.4 Å². The topological polar surface area (TPSA) is 61.4 Å². The molecule has 27 heavy (non-hydrogen) atoms. The highest BCUT2D eigenvalue weighted by Gasteiger charge is 2.24. The number of nitrogens with zero attached hydrogens (tertiary/aromatic N) is 1. The summed E-state index contributed by atoms with van der Waals surface area (Å²) in [6.45, 7) is 1.39. The third-order valence-electron chi connectivity index (χ3n) is 5.65. The number of rotatable bonds is 5. The molecule has 0 spiro atoms.